The molecule has 0 aliphatic carbocycles. The molecule has 152 valence electrons. The molecule has 0 aliphatic rings. The van der Waals surface area contributed by atoms with Crippen LogP contribution in [0.1, 0.15) is 39.6 Å². The van der Waals surface area contributed by atoms with Crippen molar-refractivity contribution < 1.29 is 9.53 Å². The first-order valence-corrected chi connectivity index (χ1v) is 9.37. The van der Waals surface area contributed by atoms with Gasteiger partial charge in [0.25, 0.3) is 5.56 Å². The number of nitrogens with two attached hydrogens (primary N) is 1. The van der Waals surface area contributed by atoms with Gasteiger partial charge in [0.05, 0.1) is 33.9 Å². The zero-order valence-corrected chi connectivity index (χ0v) is 17.3. The van der Waals surface area contributed by atoms with Gasteiger partial charge in [-0.3, -0.25) is 9.36 Å². The zero-order valence-electron chi connectivity index (χ0n) is 16.6. The number of carbonyl (C=O) groups excluding carboxylic acids is 1. The minimum absolute atomic E-state index is 0.277. The second-order valence-electron chi connectivity index (χ2n) is 7.55. The van der Waals surface area contributed by atoms with Crippen LogP contribution in [0.3, 0.4) is 0 Å². The quantitative estimate of drug-likeness (QED) is 0.675. The van der Waals surface area contributed by atoms with Crippen LogP contribution in [0.2, 0.25) is 5.02 Å². The maximum absolute atomic E-state index is 13.3. The van der Waals surface area contributed by atoms with E-state index in [4.69, 9.17) is 22.1 Å². The molecule has 0 unspecified atom stereocenters. The predicted molar refractivity (Wildman–Crippen MR) is 112 cm³/mol. The summed E-state index contributed by atoms with van der Waals surface area (Å²) >= 11 is 6.26. The molecule has 0 spiro atoms. The smallest absolute Gasteiger partial charge is 0.408 e. The van der Waals surface area contributed by atoms with E-state index < -0.39 is 17.7 Å². The predicted octanol–water partition coefficient (Wildman–Crippen LogP) is 3.60. The number of aromatic nitrogens is 3. The molecule has 0 fully saturated rings. The second-order valence-corrected chi connectivity index (χ2v) is 7.96. The Hall–Kier alpha value is -3.13. The third-order valence-corrected chi connectivity index (χ3v) is 4.34. The summed E-state index contributed by atoms with van der Waals surface area (Å²) in [7, 11) is 0. The number of carbonyl (C=O) groups is 1. The van der Waals surface area contributed by atoms with E-state index in [0.29, 0.717) is 22.8 Å². The first-order valence-electron chi connectivity index (χ1n) is 8.99. The minimum atomic E-state index is -0.658. The van der Waals surface area contributed by atoms with Crippen LogP contribution in [0.25, 0.3) is 16.6 Å². The minimum Gasteiger partial charge on any atom is -0.444 e. The van der Waals surface area contributed by atoms with Gasteiger partial charge in [-0.15, -0.1) is 0 Å². The normalized spacial score (nSPS) is 12.6. The van der Waals surface area contributed by atoms with Crippen LogP contribution < -0.4 is 16.6 Å². The van der Waals surface area contributed by atoms with Crippen LogP contribution >= 0.6 is 11.6 Å². The van der Waals surface area contributed by atoms with Crippen molar-refractivity contribution in [2.24, 2.45) is 0 Å². The fraction of sp³-hybridized carbons (Fsp3) is 0.300. The average Bonchev–Trinajstić information content (AvgIpc) is 2.60. The van der Waals surface area contributed by atoms with Gasteiger partial charge in [0.2, 0.25) is 0 Å². The number of alkyl carbamates (subject to hydrolysis) is 1. The number of halogens is 1. The summed E-state index contributed by atoms with van der Waals surface area (Å²) in [6.45, 7) is 7.01. The molecule has 0 saturated heterocycles. The zero-order chi connectivity index (χ0) is 21.3. The van der Waals surface area contributed by atoms with Gasteiger partial charge in [-0.05, 0) is 52.0 Å². The summed E-state index contributed by atoms with van der Waals surface area (Å²) in [5, 5.41) is 3.28. The number of nitrogens with zero attached hydrogens (tertiary/aromatic N) is 3. The molecule has 0 bridgehead atoms. The molecule has 1 aromatic carbocycles. The number of benzene rings is 1. The van der Waals surface area contributed by atoms with E-state index in [1.165, 1.54) is 10.8 Å². The summed E-state index contributed by atoms with van der Waals surface area (Å²) in [6, 6.07) is 7.62. The highest BCUT2D eigenvalue weighted by molar-refractivity contribution is 6.35. The SMILES string of the molecule is C[C@H](NC(=O)OC(C)(C)C)c1nc2cccc(Cl)c2c(=O)n1-c1ccc(N)nc1. The Morgan fingerprint density at radius 2 is 2.00 bits per heavy atom. The number of rotatable bonds is 3. The average molecular weight is 416 g/mol. The van der Waals surface area contributed by atoms with Crippen LogP contribution in [0.4, 0.5) is 10.6 Å². The maximum Gasteiger partial charge on any atom is 0.408 e. The Morgan fingerprint density at radius 3 is 2.62 bits per heavy atom. The molecule has 9 heteroatoms. The molecular weight excluding hydrogens is 394 g/mol. The topological polar surface area (TPSA) is 112 Å². The highest BCUT2D eigenvalue weighted by Gasteiger charge is 2.23. The number of hydrogen-bond donors (Lipinski definition) is 2. The van der Waals surface area contributed by atoms with Crippen molar-refractivity contribution in [2.45, 2.75) is 39.3 Å². The number of amides is 1. The van der Waals surface area contributed by atoms with E-state index in [1.54, 1.807) is 58.0 Å². The molecule has 3 aromatic rings. The van der Waals surface area contributed by atoms with Gasteiger partial charge in [-0.25, -0.2) is 14.8 Å². The monoisotopic (exact) mass is 415 g/mol. The number of hydrogen-bond acceptors (Lipinski definition) is 6. The molecule has 3 N–H and O–H groups in total. The van der Waals surface area contributed by atoms with Crippen molar-refractivity contribution in [1.29, 1.82) is 0 Å². The highest BCUT2D eigenvalue weighted by atomic mass is 35.5. The molecular formula is C20H22ClN5O3. The molecule has 1 atom stereocenters. The molecule has 0 radical (unpaired) electrons. The van der Waals surface area contributed by atoms with Gasteiger partial charge in [0.15, 0.2) is 0 Å². The third kappa shape index (κ3) is 4.48. The summed E-state index contributed by atoms with van der Waals surface area (Å²) in [5.74, 6) is 0.622. The molecule has 8 nitrogen and oxygen atoms in total. The van der Waals surface area contributed by atoms with E-state index in [0.717, 1.165) is 0 Å². The lowest BCUT2D eigenvalue weighted by molar-refractivity contribution is 0.0505. The summed E-state index contributed by atoms with van der Waals surface area (Å²) in [5.41, 5.74) is 5.51. The number of nitrogens with one attached hydrogen (secondary N) is 1. The van der Waals surface area contributed by atoms with E-state index in [1.807, 2.05) is 0 Å². The lowest BCUT2D eigenvalue weighted by Crippen LogP contribution is -2.37. The Balaban J connectivity index is 2.17. The number of fused-ring (bicyclic) bond motifs is 1. The van der Waals surface area contributed by atoms with Crippen molar-refractivity contribution in [3.05, 3.63) is 57.7 Å². The van der Waals surface area contributed by atoms with Gasteiger partial charge in [0.1, 0.15) is 17.2 Å². The van der Waals surface area contributed by atoms with Crippen molar-refractivity contribution in [3.8, 4) is 5.69 Å². The number of ether oxygens (including phenoxy) is 1. The van der Waals surface area contributed by atoms with Gasteiger partial charge in [0, 0.05) is 0 Å². The third-order valence-electron chi connectivity index (χ3n) is 4.02. The fourth-order valence-corrected chi connectivity index (χ4v) is 3.08. The van der Waals surface area contributed by atoms with Crippen LogP contribution in [-0.2, 0) is 4.74 Å². The number of anilines is 1. The van der Waals surface area contributed by atoms with E-state index in [-0.39, 0.29) is 16.0 Å². The summed E-state index contributed by atoms with van der Waals surface area (Å²) in [6.07, 6.45) is 0.845. The van der Waals surface area contributed by atoms with Gasteiger partial charge in [-0.1, -0.05) is 17.7 Å². The lowest BCUT2D eigenvalue weighted by Gasteiger charge is -2.23. The van der Waals surface area contributed by atoms with E-state index >= 15 is 0 Å². The maximum atomic E-state index is 13.3. The van der Waals surface area contributed by atoms with Gasteiger partial charge in [-0.2, -0.15) is 0 Å². The van der Waals surface area contributed by atoms with E-state index in [2.05, 4.69) is 15.3 Å². The van der Waals surface area contributed by atoms with Crippen molar-refractivity contribution in [3.63, 3.8) is 0 Å². The molecule has 2 heterocycles. The fourth-order valence-electron chi connectivity index (χ4n) is 2.83. The molecule has 29 heavy (non-hydrogen) atoms. The molecule has 0 aliphatic heterocycles. The van der Waals surface area contributed by atoms with Gasteiger partial charge >= 0.3 is 6.09 Å². The second kappa shape index (κ2) is 7.71. The molecule has 2 aromatic heterocycles. The Morgan fingerprint density at radius 1 is 1.28 bits per heavy atom. The van der Waals surface area contributed by atoms with Crippen molar-refractivity contribution in [2.75, 3.05) is 5.73 Å². The summed E-state index contributed by atoms with van der Waals surface area (Å²) in [4.78, 5) is 34.2. The standard InChI is InChI=1S/C20H22ClN5O3/c1-11(24-19(28)29-20(2,3)4)17-25-14-7-5-6-13(21)16(14)18(27)26(17)12-8-9-15(22)23-10-12/h5-11H,1-4H3,(H2,22,23)(H,24,28)/t11-/m0/s1. The van der Waals surface area contributed by atoms with Crippen LogP contribution in [0.15, 0.2) is 41.3 Å². The number of nitrogen functional groups attached to an aromatic ring is 1. The largest absolute Gasteiger partial charge is 0.444 e. The Labute approximate surface area is 172 Å². The Kier molecular flexibility index (Phi) is 5.48. The molecule has 1 amide bonds. The molecule has 0 saturated carbocycles. The number of pyridine rings is 1. The van der Waals surface area contributed by atoms with Crippen molar-refractivity contribution >= 4 is 34.4 Å². The van der Waals surface area contributed by atoms with E-state index in [9.17, 15) is 9.59 Å². The first-order chi connectivity index (χ1) is 13.6. The molecule has 3 rings (SSSR count). The van der Waals surface area contributed by atoms with Gasteiger partial charge < -0.3 is 15.8 Å². The summed E-state index contributed by atoms with van der Waals surface area (Å²) < 4.78 is 6.68. The van der Waals surface area contributed by atoms with Crippen molar-refractivity contribution in [1.82, 2.24) is 19.9 Å². The lowest BCUT2D eigenvalue weighted by atomic mass is 10.2. The first kappa shape index (κ1) is 20.6. The highest BCUT2D eigenvalue weighted by Crippen LogP contribution is 2.23. The Bertz CT molecular complexity index is 1120. The van der Waals surface area contributed by atoms with Crippen LogP contribution in [0, 0.1) is 0 Å². The van der Waals surface area contributed by atoms with Crippen LogP contribution in [-0.4, -0.2) is 26.2 Å². The van der Waals surface area contributed by atoms with Crippen LogP contribution in [0.5, 0.6) is 0 Å².